The second-order valence-electron chi connectivity index (χ2n) is 9.41. The highest BCUT2D eigenvalue weighted by Gasteiger charge is 2.18. The van der Waals surface area contributed by atoms with Crippen molar-refractivity contribution in [2.45, 2.75) is 45.3 Å². The molecule has 188 valence electrons. The van der Waals surface area contributed by atoms with E-state index in [0.29, 0.717) is 41.1 Å². The Labute approximate surface area is 212 Å². The van der Waals surface area contributed by atoms with Gasteiger partial charge in [-0.3, -0.25) is 9.97 Å². The minimum atomic E-state index is -0.999. The van der Waals surface area contributed by atoms with Gasteiger partial charge in [-0.15, -0.1) is 0 Å². The summed E-state index contributed by atoms with van der Waals surface area (Å²) < 4.78 is 13.8. The molecule has 10 heteroatoms. The summed E-state index contributed by atoms with van der Waals surface area (Å²) in [7, 11) is -0.655. The molecule has 4 heterocycles. The molecule has 0 radical (unpaired) electrons. The second-order valence-corrected chi connectivity index (χ2v) is 12.8. The molecule has 0 aliphatic heterocycles. The van der Waals surface area contributed by atoms with E-state index in [0.717, 1.165) is 18.3 Å². The molecular formula is C26H32N6O3Si. The zero-order valence-electron chi connectivity index (χ0n) is 21.0. The number of nitrogens with one attached hydrogen (secondary N) is 1. The summed E-state index contributed by atoms with van der Waals surface area (Å²) in [5.74, 6) is 1.76. The maximum absolute atomic E-state index is 10.1. The lowest BCUT2D eigenvalue weighted by atomic mass is 10.1. The van der Waals surface area contributed by atoms with Crippen LogP contribution in [0, 0.1) is 0 Å². The van der Waals surface area contributed by atoms with Crippen LogP contribution in [0.3, 0.4) is 0 Å². The Morgan fingerprint density at radius 2 is 1.92 bits per heavy atom. The van der Waals surface area contributed by atoms with Crippen LogP contribution < -0.4 is 10.1 Å². The van der Waals surface area contributed by atoms with Crippen LogP contribution in [0.25, 0.3) is 11.4 Å². The quantitative estimate of drug-likeness (QED) is 0.218. The van der Waals surface area contributed by atoms with Gasteiger partial charge in [0.1, 0.15) is 23.9 Å². The predicted molar refractivity (Wildman–Crippen MR) is 142 cm³/mol. The highest BCUT2D eigenvalue weighted by atomic mass is 28.3. The van der Waals surface area contributed by atoms with Crippen molar-refractivity contribution >= 4 is 20.3 Å². The number of nitrogens with zero attached hydrogens (tertiary/aromatic N) is 5. The van der Waals surface area contributed by atoms with Crippen molar-refractivity contribution in [2.75, 3.05) is 11.9 Å². The van der Waals surface area contributed by atoms with Crippen LogP contribution >= 0.6 is 0 Å². The van der Waals surface area contributed by atoms with Gasteiger partial charge in [-0.1, -0.05) is 19.2 Å². The first-order chi connectivity index (χ1) is 17.3. The number of rotatable bonds is 11. The lowest BCUT2D eigenvalue weighted by Crippen LogP contribution is -2.17. The second kappa shape index (κ2) is 11.4. The maximum atomic E-state index is 10.1. The Morgan fingerprint density at radius 1 is 1.06 bits per heavy atom. The molecule has 0 amide bonds. The summed E-state index contributed by atoms with van der Waals surface area (Å²) >= 11 is 0. The van der Waals surface area contributed by atoms with Gasteiger partial charge in [0.15, 0.2) is 11.4 Å². The van der Waals surface area contributed by atoms with E-state index in [4.69, 9.17) is 9.47 Å². The predicted octanol–water partition coefficient (Wildman–Crippen LogP) is 4.96. The number of aliphatic hydroxyl groups is 1. The van der Waals surface area contributed by atoms with Crippen molar-refractivity contribution < 1.29 is 14.6 Å². The Bertz CT molecular complexity index is 1260. The van der Waals surface area contributed by atoms with Crippen molar-refractivity contribution in [3.8, 4) is 22.9 Å². The summed E-state index contributed by atoms with van der Waals surface area (Å²) in [6.45, 7) is 9.09. The molecule has 2 N–H and O–H groups in total. The summed E-state index contributed by atoms with van der Waals surface area (Å²) in [5.41, 5.74) is 1.69. The van der Waals surface area contributed by atoms with Crippen molar-refractivity contribution in [3.05, 3.63) is 72.9 Å². The molecular weight excluding hydrogens is 472 g/mol. The molecule has 0 atom stereocenters. The van der Waals surface area contributed by atoms with Gasteiger partial charge in [0.25, 0.3) is 0 Å². The van der Waals surface area contributed by atoms with Crippen molar-refractivity contribution in [2.24, 2.45) is 0 Å². The number of pyridine rings is 3. The van der Waals surface area contributed by atoms with Crippen LogP contribution in [0.2, 0.25) is 19.1 Å². The highest BCUT2D eigenvalue weighted by molar-refractivity contribution is 6.55. The molecule has 0 aliphatic carbocycles. The monoisotopic (exact) mass is 504 g/mol. The molecule has 0 saturated heterocycles. The van der Waals surface area contributed by atoms with Gasteiger partial charge in [-0.05, 0) is 50.2 Å². The third kappa shape index (κ3) is 6.97. The van der Waals surface area contributed by atoms with Crippen LogP contribution in [-0.4, -0.2) is 45.2 Å². The van der Waals surface area contributed by atoms with E-state index in [9.17, 15) is 5.11 Å². The van der Waals surface area contributed by atoms with Crippen LogP contribution in [-0.2, 0) is 17.1 Å². The van der Waals surface area contributed by atoms with E-state index in [-0.39, 0.29) is 0 Å². The Balaban J connectivity index is 1.51. The van der Waals surface area contributed by atoms with Gasteiger partial charge in [-0.25, -0.2) is 9.67 Å². The fraction of sp³-hybridized carbons (Fsp3) is 0.308. The first-order valence-electron chi connectivity index (χ1n) is 11.9. The molecule has 0 fully saturated rings. The van der Waals surface area contributed by atoms with E-state index < -0.39 is 14.4 Å². The van der Waals surface area contributed by atoms with Gasteiger partial charge in [0.2, 0.25) is 0 Å². The molecule has 0 unspecified atom stereocenters. The van der Waals surface area contributed by atoms with E-state index in [2.05, 4.69) is 38.5 Å². The van der Waals surface area contributed by atoms with Crippen LogP contribution in [0.15, 0.2) is 67.3 Å². The molecule has 4 rings (SSSR count). The molecule has 0 saturated carbocycles. The standard InChI is InChI=1S/C26H32N6O3Si/c1-26(2,33)23-9-8-19(16-29-23)30-24-15-20(10-12-28-24)35-22-17-32(18-34-13-14-36(3)4)31-25(22)21-7-5-6-11-27-21/h5-12,15-17,33,36H,13-14,18H2,1-4H3,(H,28,30). The summed E-state index contributed by atoms with van der Waals surface area (Å²) in [4.78, 5) is 13.1. The minimum Gasteiger partial charge on any atom is -0.453 e. The molecule has 0 bridgehead atoms. The number of aromatic nitrogens is 5. The van der Waals surface area contributed by atoms with Gasteiger partial charge in [-0.2, -0.15) is 5.10 Å². The first kappa shape index (κ1) is 25.5. The Morgan fingerprint density at radius 3 is 2.61 bits per heavy atom. The van der Waals surface area contributed by atoms with E-state index >= 15 is 0 Å². The molecule has 36 heavy (non-hydrogen) atoms. The number of hydrogen-bond acceptors (Lipinski definition) is 8. The zero-order chi connectivity index (χ0) is 25.5. The molecule has 0 aliphatic rings. The normalized spacial score (nSPS) is 11.6. The molecule has 4 aromatic rings. The topological polar surface area (TPSA) is 107 Å². The van der Waals surface area contributed by atoms with Crippen molar-refractivity contribution in [1.29, 1.82) is 0 Å². The summed E-state index contributed by atoms with van der Waals surface area (Å²) in [5, 5.41) is 18.0. The zero-order valence-corrected chi connectivity index (χ0v) is 22.2. The Hall–Kier alpha value is -3.60. The van der Waals surface area contributed by atoms with Crippen molar-refractivity contribution in [3.63, 3.8) is 0 Å². The van der Waals surface area contributed by atoms with Gasteiger partial charge in [0, 0.05) is 33.9 Å². The Kier molecular flexibility index (Phi) is 8.09. The number of ether oxygens (including phenoxy) is 2. The molecule has 0 aromatic carbocycles. The van der Waals surface area contributed by atoms with Gasteiger partial charge in [0.05, 0.1) is 29.5 Å². The first-order valence-corrected chi connectivity index (χ1v) is 15.1. The largest absolute Gasteiger partial charge is 0.453 e. The fourth-order valence-corrected chi connectivity index (χ4v) is 3.99. The molecule has 0 spiro atoms. The third-order valence-electron chi connectivity index (χ3n) is 5.32. The van der Waals surface area contributed by atoms with E-state index in [1.54, 1.807) is 55.3 Å². The summed E-state index contributed by atoms with van der Waals surface area (Å²) in [6.07, 6.45) is 6.88. The lowest BCUT2D eigenvalue weighted by Gasteiger charge is -2.16. The number of anilines is 2. The average molecular weight is 505 g/mol. The minimum absolute atomic E-state index is 0.348. The van der Waals surface area contributed by atoms with Gasteiger partial charge >= 0.3 is 0 Å². The third-order valence-corrected chi connectivity index (χ3v) is 6.71. The smallest absolute Gasteiger partial charge is 0.175 e. The van der Waals surface area contributed by atoms with Crippen LogP contribution in [0.4, 0.5) is 11.5 Å². The maximum Gasteiger partial charge on any atom is 0.175 e. The van der Waals surface area contributed by atoms with Crippen LogP contribution in [0.5, 0.6) is 11.5 Å². The molecule has 4 aromatic heterocycles. The average Bonchev–Trinajstić information content (AvgIpc) is 3.25. The van der Waals surface area contributed by atoms with Crippen molar-refractivity contribution in [1.82, 2.24) is 24.7 Å². The highest BCUT2D eigenvalue weighted by Crippen LogP contribution is 2.32. The SMILES string of the molecule is C[SiH](C)CCOCn1cc(Oc2ccnc(Nc3ccc(C(C)(C)O)nc3)c2)c(-c2ccccn2)n1. The van der Waals surface area contributed by atoms with E-state index in [1.165, 1.54) is 0 Å². The van der Waals surface area contributed by atoms with Gasteiger partial charge < -0.3 is 19.9 Å². The summed E-state index contributed by atoms with van der Waals surface area (Å²) in [6, 6.07) is 14.0. The lowest BCUT2D eigenvalue weighted by molar-refractivity contribution is 0.0739. The number of hydrogen-bond donors (Lipinski definition) is 2. The van der Waals surface area contributed by atoms with E-state index in [1.807, 2.05) is 30.5 Å². The molecule has 9 nitrogen and oxygen atoms in total. The van der Waals surface area contributed by atoms with Crippen LogP contribution in [0.1, 0.15) is 19.5 Å². The fourth-order valence-electron chi connectivity index (χ4n) is 3.35.